The van der Waals surface area contributed by atoms with Crippen molar-refractivity contribution < 1.29 is 14.7 Å². The molecule has 7 heteroatoms. The molecule has 0 saturated heterocycles. The fourth-order valence-corrected chi connectivity index (χ4v) is 3.96. The Morgan fingerprint density at radius 3 is 2.40 bits per heavy atom. The summed E-state index contributed by atoms with van der Waals surface area (Å²) in [4.78, 5) is 28.9. The summed E-state index contributed by atoms with van der Waals surface area (Å²) >= 11 is 0. The van der Waals surface area contributed by atoms with Crippen LogP contribution in [0.15, 0.2) is 54.9 Å². The highest BCUT2D eigenvalue weighted by Gasteiger charge is 2.37. The fraction of sp³-hybridized carbons (Fsp3) is 0.261. The number of fused-ring (bicyclic) bond motifs is 1. The Hall–Kier alpha value is -3.61. The van der Waals surface area contributed by atoms with Gasteiger partial charge in [0.1, 0.15) is 0 Å². The van der Waals surface area contributed by atoms with Crippen LogP contribution in [0.4, 0.5) is 16.2 Å². The summed E-state index contributed by atoms with van der Waals surface area (Å²) in [5.41, 5.74) is 4.36. The summed E-state index contributed by atoms with van der Waals surface area (Å²) in [7, 11) is 0. The molecule has 1 aromatic heterocycles. The molecule has 0 aliphatic carbocycles. The number of rotatable bonds is 3. The number of aryl methyl sites for hydroxylation is 2. The summed E-state index contributed by atoms with van der Waals surface area (Å²) in [6.07, 6.45) is 3.06. The van der Waals surface area contributed by atoms with Crippen LogP contribution in [-0.2, 0) is 0 Å². The molecule has 1 aliphatic heterocycles. The maximum atomic E-state index is 13.7. The largest absolute Gasteiger partial charge is 0.465 e. The van der Waals surface area contributed by atoms with E-state index in [1.165, 1.54) is 4.90 Å². The van der Waals surface area contributed by atoms with Gasteiger partial charge in [-0.2, -0.15) is 5.10 Å². The highest BCUT2D eigenvalue weighted by Crippen LogP contribution is 2.39. The molecule has 2 aromatic carbocycles. The first kappa shape index (κ1) is 19.7. The van der Waals surface area contributed by atoms with Gasteiger partial charge < -0.3 is 10.0 Å². The van der Waals surface area contributed by atoms with Crippen LogP contribution in [0.1, 0.15) is 34.8 Å². The first-order valence-corrected chi connectivity index (χ1v) is 9.96. The molecule has 1 unspecified atom stereocenters. The molecule has 30 heavy (non-hydrogen) atoms. The summed E-state index contributed by atoms with van der Waals surface area (Å²) < 4.78 is 1.67. The smallest absolute Gasteiger partial charge is 0.412 e. The lowest BCUT2D eigenvalue weighted by Crippen LogP contribution is -2.53. The van der Waals surface area contributed by atoms with E-state index in [-0.39, 0.29) is 11.9 Å². The molecule has 0 fully saturated rings. The van der Waals surface area contributed by atoms with Crippen LogP contribution in [0, 0.1) is 13.8 Å². The number of anilines is 2. The molecule has 3 aromatic rings. The van der Waals surface area contributed by atoms with Crippen molar-refractivity contribution in [2.24, 2.45) is 0 Å². The predicted molar refractivity (Wildman–Crippen MR) is 116 cm³/mol. The van der Waals surface area contributed by atoms with Gasteiger partial charge in [-0.25, -0.2) is 9.48 Å². The van der Waals surface area contributed by atoms with Gasteiger partial charge in [0.2, 0.25) is 0 Å². The number of carbonyl (C=O) groups excluding carboxylic acids is 1. The van der Waals surface area contributed by atoms with E-state index >= 15 is 0 Å². The standard InChI is InChI=1S/C23H24N4O3/c1-4-17-14-25(20-12-15(2)16(3)13-21(20)27(17)23(29)30)22(28)18-8-5-6-9-19(18)26-11-7-10-24-26/h5-13,17H,4,14H2,1-3H3,(H,29,30). The number of hydrogen-bond acceptors (Lipinski definition) is 3. The number of aromatic nitrogens is 2. The molecule has 0 bridgehead atoms. The zero-order valence-corrected chi connectivity index (χ0v) is 17.2. The third-order valence-electron chi connectivity index (χ3n) is 5.71. The lowest BCUT2D eigenvalue weighted by molar-refractivity contribution is 0.0982. The zero-order chi connectivity index (χ0) is 21.4. The second kappa shape index (κ2) is 7.67. The first-order valence-electron chi connectivity index (χ1n) is 9.96. The van der Waals surface area contributed by atoms with E-state index in [2.05, 4.69) is 5.10 Å². The molecule has 2 amide bonds. The van der Waals surface area contributed by atoms with Crippen molar-refractivity contribution in [2.75, 3.05) is 16.3 Å². The second-order valence-corrected chi connectivity index (χ2v) is 7.52. The average Bonchev–Trinajstić information content (AvgIpc) is 3.27. The SMILES string of the molecule is CCC1CN(C(=O)c2ccccc2-n2cccn2)c2cc(C)c(C)cc2N1C(=O)O. The summed E-state index contributed by atoms with van der Waals surface area (Å²) in [5, 5.41) is 14.1. The maximum absolute atomic E-state index is 13.7. The Bertz CT molecular complexity index is 1110. The molecule has 7 nitrogen and oxygen atoms in total. The molecule has 1 N–H and O–H groups in total. The van der Waals surface area contributed by atoms with Gasteiger partial charge in [-0.05, 0) is 61.7 Å². The molecular weight excluding hydrogens is 380 g/mol. The number of para-hydroxylation sites is 1. The number of carbonyl (C=O) groups is 2. The Balaban J connectivity index is 1.86. The number of benzene rings is 2. The molecule has 1 atom stereocenters. The molecule has 4 rings (SSSR count). The van der Waals surface area contributed by atoms with Crippen molar-refractivity contribution in [3.8, 4) is 5.69 Å². The van der Waals surface area contributed by atoms with E-state index < -0.39 is 6.09 Å². The van der Waals surface area contributed by atoms with Crippen LogP contribution in [0.3, 0.4) is 0 Å². The molecule has 0 saturated carbocycles. The van der Waals surface area contributed by atoms with Gasteiger partial charge in [-0.3, -0.25) is 9.69 Å². The summed E-state index contributed by atoms with van der Waals surface area (Å²) in [6, 6.07) is 12.6. The lowest BCUT2D eigenvalue weighted by atomic mass is 9.99. The van der Waals surface area contributed by atoms with Crippen LogP contribution >= 0.6 is 0 Å². The van der Waals surface area contributed by atoms with Gasteiger partial charge in [0, 0.05) is 18.9 Å². The predicted octanol–water partition coefficient (Wildman–Crippen LogP) is 4.41. The average molecular weight is 404 g/mol. The number of hydrogen-bond donors (Lipinski definition) is 1. The quantitative estimate of drug-likeness (QED) is 0.701. The molecule has 154 valence electrons. The fourth-order valence-electron chi connectivity index (χ4n) is 3.96. The number of nitrogens with zero attached hydrogens (tertiary/aromatic N) is 4. The van der Waals surface area contributed by atoms with Crippen LogP contribution in [0.5, 0.6) is 0 Å². The van der Waals surface area contributed by atoms with E-state index in [0.29, 0.717) is 35.6 Å². The van der Waals surface area contributed by atoms with Crippen LogP contribution < -0.4 is 9.80 Å². The minimum atomic E-state index is -1.00. The molecule has 0 spiro atoms. The van der Waals surface area contributed by atoms with Gasteiger partial charge in [-0.15, -0.1) is 0 Å². The molecule has 1 aliphatic rings. The van der Waals surface area contributed by atoms with Crippen LogP contribution in [0.2, 0.25) is 0 Å². The first-order chi connectivity index (χ1) is 14.4. The Kier molecular flexibility index (Phi) is 5.03. The van der Waals surface area contributed by atoms with E-state index in [1.54, 1.807) is 34.1 Å². The van der Waals surface area contributed by atoms with Crippen molar-refractivity contribution in [1.29, 1.82) is 0 Å². The van der Waals surface area contributed by atoms with Crippen molar-refractivity contribution in [3.05, 3.63) is 71.5 Å². The van der Waals surface area contributed by atoms with Gasteiger partial charge in [0.25, 0.3) is 5.91 Å². The maximum Gasteiger partial charge on any atom is 0.412 e. The third kappa shape index (κ3) is 3.22. The van der Waals surface area contributed by atoms with Gasteiger partial charge in [-0.1, -0.05) is 19.1 Å². The van der Waals surface area contributed by atoms with Gasteiger partial charge in [0.05, 0.1) is 28.7 Å². The minimum absolute atomic E-state index is 0.172. The minimum Gasteiger partial charge on any atom is -0.465 e. The van der Waals surface area contributed by atoms with E-state index in [4.69, 9.17) is 0 Å². The van der Waals surface area contributed by atoms with Crippen molar-refractivity contribution >= 4 is 23.4 Å². The Morgan fingerprint density at radius 2 is 1.77 bits per heavy atom. The topological polar surface area (TPSA) is 78.7 Å². The summed E-state index contributed by atoms with van der Waals surface area (Å²) in [5.74, 6) is -0.172. The molecular formula is C23H24N4O3. The number of carboxylic acid groups (broad SMARTS) is 1. The Morgan fingerprint density at radius 1 is 1.07 bits per heavy atom. The molecule has 0 radical (unpaired) electrons. The van der Waals surface area contributed by atoms with Gasteiger partial charge in [0.15, 0.2) is 0 Å². The lowest BCUT2D eigenvalue weighted by Gasteiger charge is -2.41. The van der Waals surface area contributed by atoms with Gasteiger partial charge >= 0.3 is 6.09 Å². The van der Waals surface area contributed by atoms with E-state index in [0.717, 1.165) is 11.1 Å². The van der Waals surface area contributed by atoms with Crippen molar-refractivity contribution in [1.82, 2.24) is 9.78 Å². The summed E-state index contributed by atoms with van der Waals surface area (Å²) in [6.45, 7) is 6.15. The normalized spacial score (nSPS) is 15.8. The highest BCUT2D eigenvalue weighted by molar-refractivity contribution is 6.12. The van der Waals surface area contributed by atoms with Crippen LogP contribution in [0.25, 0.3) is 5.69 Å². The van der Waals surface area contributed by atoms with Crippen molar-refractivity contribution in [2.45, 2.75) is 33.2 Å². The third-order valence-corrected chi connectivity index (χ3v) is 5.71. The van der Waals surface area contributed by atoms with E-state index in [9.17, 15) is 14.7 Å². The van der Waals surface area contributed by atoms with Crippen LogP contribution in [-0.4, -0.2) is 39.5 Å². The second-order valence-electron chi connectivity index (χ2n) is 7.52. The van der Waals surface area contributed by atoms with Crippen molar-refractivity contribution in [3.63, 3.8) is 0 Å². The van der Waals surface area contributed by atoms with E-state index in [1.807, 2.05) is 51.1 Å². The monoisotopic (exact) mass is 404 g/mol. The Labute approximate surface area is 175 Å². The number of amides is 2. The highest BCUT2D eigenvalue weighted by atomic mass is 16.4. The molecule has 2 heterocycles. The zero-order valence-electron chi connectivity index (χ0n) is 17.2.